The van der Waals surface area contributed by atoms with Crippen LogP contribution in [0, 0.1) is 11.8 Å². The Morgan fingerprint density at radius 1 is 1.33 bits per heavy atom. The molecule has 65 valence electrons. The summed E-state index contributed by atoms with van der Waals surface area (Å²) in [6.07, 6.45) is 13.7. The lowest BCUT2D eigenvalue weighted by molar-refractivity contribution is 0.542. The second-order valence-electron chi connectivity index (χ2n) is 3.97. The highest BCUT2D eigenvalue weighted by atomic mass is 14.3. The highest BCUT2D eigenvalue weighted by Crippen LogP contribution is 2.41. The van der Waals surface area contributed by atoms with E-state index in [1.165, 1.54) is 37.7 Å². The zero-order chi connectivity index (χ0) is 8.39. The molecule has 0 amide bonds. The van der Waals surface area contributed by atoms with E-state index in [0.717, 1.165) is 5.92 Å². The Morgan fingerprint density at radius 3 is 3.17 bits per heavy atom. The van der Waals surface area contributed by atoms with Gasteiger partial charge in [0.2, 0.25) is 0 Å². The number of allylic oxidation sites excluding steroid dienone is 4. The molecule has 0 bridgehead atoms. The van der Waals surface area contributed by atoms with Crippen LogP contribution in [-0.2, 0) is 0 Å². The van der Waals surface area contributed by atoms with Crippen LogP contribution in [0.4, 0.5) is 0 Å². The number of hydrogen-bond acceptors (Lipinski definition) is 0. The summed E-state index contributed by atoms with van der Waals surface area (Å²) in [4.78, 5) is 0. The molecule has 1 atom stereocenters. The van der Waals surface area contributed by atoms with Crippen molar-refractivity contribution in [1.82, 2.24) is 0 Å². The van der Waals surface area contributed by atoms with Crippen LogP contribution in [0.1, 0.15) is 39.0 Å². The molecule has 1 fully saturated rings. The first-order valence-electron chi connectivity index (χ1n) is 5.07. The molecular weight excluding hydrogens is 144 g/mol. The molecule has 1 saturated carbocycles. The normalized spacial score (nSPS) is 37.8. The zero-order valence-electron chi connectivity index (χ0n) is 7.84. The maximum Gasteiger partial charge on any atom is 0.00368 e. The number of fused-ring (bicyclic) bond motifs is 1. The lowest BCUT2D eigenvalue weighted by Crippen LogP contribution is -2.07. The van der Waals surface area contributed by atoms with Crippen LogP contribution >= 0.6 is 0 Å². The Kier molecular flexibility index (Phi) is 2.34. The Bertz CT molecular complexity index is 210. The summed E-state index contributed by atoms with van der Waals surface area (Å²) in [5.74, 6) is 2.67. The highest BCUT2D eigenvalue weighted by Gasteiger charge is 2.28. The first kappa shape index (κ1) is 8.10. The molecule has 0 aromatic carbocycles. The van der Waals surface area contributed by atoms with Crippen molar-refractivity contribution in [1.29, 1.82) is 0 Å². The maximum absolute atomic E-state index is 2.30. The van der Waals surface area contributed by atoms with Gasteiger partial charge in [-0.25, -0.2) is 0 Å². The third-order valence-electron chi connectivity index (χ3n) is 3.16. The molecule has 1 radical (unpaired) electrons. The SMILES string of the molecule is C/C1=C/C=C\CCC2CCC[C]12. The summed E-state index contributed by atoms with van der Waals surface area (Å²) < 4.78 is 0. The highest BCUT2D eigenvalue weighted by molar-refractivity contribution is 5.30. The summed E-state index contributed by atoms with van der Waals surface area (Å²) in [7, 11) is 0. The molecule has 0 aliphatic heterocycles. The van der Waals surface area contributed by atoms with Gasteiger partial charge >= 0.3 is 0 Å². The van der Waals surface area contributed by atoms with Crippen LogP contribution in [0.5, 0.6) is 0 Å². The van der Waals surface area contributed by atoms with Crippen molar-refractivity contribution in [3.8, 4) is 0 Å². The predicted octanol–water partition coefficient (Wildman–Crippen LogP) is 3.66. The number of rotatable bonds is 0. The molecule has 0 nitrogen and oxygen atoms in total. The van der Waals surface area contributed by atoms with Crippen molar-refractivity contribution in [2.45, 2.75) is 39.0 Å². The lowest BCUT2D eigenvalue weighted by Gasteiger charge is -2.20. The smallest absolute Gasteiger partial charge is 0.00368 e. The molecular formula is C12H17. The molecule has 2 aliphatic rings. The van der Waals surface area contributed by atoms with Crippen molar-refractivity contribution in [2.75, 3.05) is 0 Å². The maximum atomic E-state index is 2.30. The Morgan fingerprint density at radius 2 is 2.25 bits per heavy atom. The van der Waals surface area contributed by atoms with E-state index in [0.29, 0.717) is 0 Å². The Labute approximate surface area is 75.4 Å². The first-order valence-corrected chi connectivity index (χ1v) is 5.07. The minimum atomic E-state index is 0.922. The summed E-state index contributed by atoms with van der Waals surface area (Å²) in [5, 5.41) is 0. The third kappa shape index (κ3) is 1.48. The van der Waals surface area contributed by atoms with Gasteiger partial charge in [0, 0.05) is 5.92 Å². The fourth-order valence-corrected chi connectivity index (χ4v) is 2.47. The molecule has 12 heavy (non-hydrogen) atoms. The standard InChI is InChI=1S/C12H17/c1-10-6-3-2-4-7-11-8-5-9-12(10)11/h2-3,6,11H,4-5,7-9H2,1H3/b3-2-,10-6-. The van der Waals surface area contributed by atoms with E-state index in [9.17, 15) is 0 Å². The molecule has 0 N–H and O–H groups in total. The first-order chi connectivity index (χ1) is 5.88. The zero-order valence-corrected chi connectivity index (χ0v) is 7.84. The lowest BCUT2D eigenvalue weighted by atomic mass is 9.85. The quantitative estimate of drug-likeness (QED) is 0.508. The van der Waals surface area contributed by atoms with E-state index < -0.39 is 0 Å². The minimum Gasteiger partial charge on any atom is -0.0845 e. The van der Waals surface area contributed by atoms with E-state index in [4.69, 9.17) is 0 Å². The molecule has 2 aliphatic carbocycles. The molecule has 0 aromatic rings. The average Bonchev–Trinajstić information content (AvgIpc) is 2.47. The monoisotopic (exact) mass is 161 g/mol. The molecule has 0 heterocycles. The second-order valence-corrected chi connectivity index (χ2v) is 3.97. The largest absolute Gasteiger partial charge is 0.0845 e. The van der Waals surface area contributed by atoms with Gasteiger partial charge in [0.05, 0.1) is 0 Å². The van der Waals surface area contributed by atoms with Gasteiger partial charge in [-0.1, -0.05) is 30.2 Å². The van der Waals surface area contributed by atoms with E-state index in [-0.39, 0.29) is 0 Å². The molecule has 0 heteroatoms. The van der Waals surface area contributed by atoms with Crippen molar-refractivity contribution < 1.29 is 0 Å². The van der Waals surface area contributed by atoms with Crippen LogP contribution in [0.3, 0.4) is 0 Å². The van der Waals surface area contributed by atoms with Crippen molar-refractivity contribution in [2.24, 2.45) is 5.92 Å². The molecule has 0 aromatic heterocycles. The summed E-state index contributed by atoms with van der Waals surface area (Å²) in [5.41, 5.74) is 1.54. The Balaban J connectivity index is 2.17. The summed E-state index contributed by atoms with van der Waals surface area (Å²) >= 11 is 0. The fourth-order valence-electron chi connectivity index (χ4n) is 2.47. The van der Waals surface area contributed by atoms with Crippen LogP contribution in [0.15, 0.2) is 23.8 Å². The fraction of sp³-hybridized carbons (Fsp3) is 0.583. The average molecular weight is 161 g/mol. The van der Waals surface area contributed by atoms with Crippen molar-refractivity contribution in [3.05, 3.63) is 29.7 Å². The molecule has 2 rings (SSSR count). The van der Waals surface area contributed by atoms with E-state index in [1.54, 1.807) is 5.92 Å². The summed E-state index contributed by atoms with van der Waals surface area (Å²) in [6.45, 7) is 2.27. The van der Waals surface area contributed by atoms with Gasteiger partial charge in [-0.15, -0.1) is 0 Å². The van der Waals surface area contributed by atoms with Gasteiger partial charge in [-0.2, -0.15) is 0 Å². The third-order valence-corrected chi connectivity index (χ3v) is 3.16. The Hall–Kier alpha value is -0.520. The van der Waals surface area contributed by atoms with E-state index >= 15 is 0 Å². The molecule has 0 saturated heterocycles. The van der Waals surface area contributed by atoms with Crippen molar-refractivity contribution in [3.63, 3.8) is 0 Å². The van der Waals surface area contributed by atoms with Gasteiger partial charge in [-0.3, -0.25) is 0 Å². The summed E-state index contributed by atoms with van der Waals surface area (Å²) in [6, 6.07) is 0. The predicted molar refractivity (Wildman–Crippen MR) is 52.7 cm³/mol. The number of hydrogen-bond donors (Lipinski definition) is 0. The van der Waals surface area contributed by atoms with Crippen LogP contribution in [-0.4, -0.2) is 0 Å². The van der Waals surface area contributed by atoms with E-state index in [1.807, 2.05) is 0 Å². The van der Waals surface area contributed by atoms with Gasteiger partial charge in [0.15, 0.2) is 0 Å². The minimum absolute atomic E-state index is 0.922. The van der Waals surface area contributed by atoms with Gasteiger partial charge in [0.25, 0.3) is 0 Å². The van der Waals surface area contributed by atoms with Gasteiger partial charge < -0.3 is 0 Å². The van der Waals surface area contributed by atoms with E-state index in [2.05, 4.69) is 25.2 Å². The second kappa shape index (κ2) is 3.47. The van der Waals surface area contributed by atoms with Crippen LogP contribution in [0.2, 0.25) is 0 Å². The topological polar surface area (TPSA) is 0 Å². The van der Waals surface area contributed by atoms with Gasteiger partial charge in [-0.05, 0) is 38.5 Å². The molecule has 0 spiro atoms. The molecule has 1 unspecified atom stereocenters. The van der Waals surface area contributed by atoms with Gasteiger partial charge in [0.1, 0.15) is 0 Å². The van der Waals surface area contributed by atoms with Crippen LogP contribution < -0.4 is 0 Å². The van der Waals surface area contributed by atoms with Crippen molar-refractivity contribution >= 4 is 0 Å². The van der Waals surface area contributed by atoms with Crippen LogP contribution in [0.25, 0.3) is 0 Å².